The second kappa shape index (κ2) is 4.51. The number of piperazine rings is 1. The second-order valence-electron chi connectivity index (χ2n) is 4.82. The summed E-state index contributed by atoms with van der Waals surface area (Å²) >= 11 is 0. The van der Waals surface area contributed by atoms with E-state index in [2.05, 4.69) is 5.32 Å². The lowest BCUT2D eigenvalue weighted by Gasteiger charge is -2.31. The molecule has 2 aliphatic rings. The van der Waals surface area contributed by atoms with Gasteiger partial charge in [-0.05, 0) is 0 Å². The van der Waals surface area contributed by atoms with Crippen LogP contribution in [0.3, 0.4) is 0 Å². The van der Waals surface area contributed by atoms with Crippen LogP contribution in [0.15, 0.2) is 35.7 Å². The van der Waals surface area contributed by atoms with Crippen LogP contribution in [-0.2, 0) is 0 Å². The Morgan fingerprint density at radius 2 is 1.58 bits per heavy atom. The Labute approximate surface area is 111 Å². The van der Waals surface area contributed by atoms with Gasteiger partial charge in [0, 0.05) is 11.1 Å². The number of benzene rings is 1. The molecule has 0 saturated carbocycles. The number of rotatable bonds is 1. The molecule has 19 heavy (non-hydrogen) atoms. The number of Topliss-reactive ketones (excluding diaryl/α,β-unsaturated/α-hetero) is 2. The molecule has 0 amide bonds. The third-order valence-corrected chi connectivity index (χ3v) is 3.65. The summed E-state index contributed by atoms with van der Waals surface area (Å²) in [5.41, 5.74) is 7.27. The van der Waals surface area contributed by atoms with E-state index in [0.29, 0.717) is 16.8 Å². The van der Waals surface area contributed by atoms with Crippen LogP contribution in [0.25, 0.3) is 0 Å². The fraction of sp³-hybridized carbons (Fsp3) is 0.286. The SMILES string of the molecule is NC1=C(N2CC[NH2+]CC2)C(=O)c2ccccc2C1=O. The minimum absolute atomic E-state index is 0.0885. The number of nitrogens with two attached hydrogens (primary N) is 2. The van der Waals surface area contributed by atoms with Gasteiger partial charge in [-0.2, -0.15) is 0 Å². The standard InChI is InChI=1S/C14H15N3O2/c15-11-12(17-7-5-16-6-8-17)14(19)10-4-2-1-3-9(10)13(11)18/h1-4,16H,5-8,15H2/p+1. The second-order valence-corrected chi connectivity index (χ2v) is 4.82. The lowest BCUT2D eigenvalue weighted by molar-refractivity contribution is -0.662. The van der Waals surface area contributed by atoms with Crippen LogP contribution in [0, 0.1) is 0 Å². The van der Waals surface area contributed by atoms with Gasteiger partial charge in [-0.3, -0.25) is 9.59 Å². The monoisotopic (exact) mass is 258 g/mol. The van der Waals surface area contributed by atoms with Crippen molar-refractivity contribution in [2.75, 3.05) is 26.2 Å². The number of nitrogens with zero attached hydrogens (tertiary/aromatic N) is 1. The van der Waals surface area contributed by atoms with Crippen molar-refractivity contribution < 1.29 is 14.9 Å². The van der Waals surface area contributed by atoms with Crippen molar-refractivity contribution in [3.8, 4) is 0 Å². The molecule has 1 aliphatic heterocycles. The summed E-state index contributed by atoms with van der Waals surface area (Å²) in [4.78, 5) is 26.7. The maximum Gasteiger partial charge on any atom is 0.212 e. The van der Waals surface area contributed by atoms with E-state index in [4.69, 9.17) is 5.73 Å². The summed E-state index contributed by atoms with van der Waals surface area (Å²) in [6.07, 6.45) is 0. The Hall–Kier alpha value is -2.14. The fourth-order valence-corrected chi connectivity index (χ4v) is 2.67. The Morgan fingerprint density at radius 1 is 1.00 bits per heavy atom. The summed E-state index contributed by atoms with van der Waals surface area (Å²) in [6.45, 7) is 3.33. The number of hydrogen-bond acceptors (Lipinski definition) is 4. The summed E-state index contributed by atoms with van der Waals surface area (Å²) in [7, 11) is 0. The van der Waals surface area contributed by atoms with Crippen molar-refractivity contribution in [2.45, 2.75) is 0 Å². The number of fused-ring (bicyclic) bond motifs is 1. The Kier molecular flexibility index (Phi) is 2.83. The van der Waals surface area contributed by atoms with E-state index in [-0.39, 0.29) is 17.3 Å². The zero-order chi connectivity index (χ0) is 13.4. The summed E-state index contributed by atoms with van der Waals surface area (Å²) in [5, 5.41) is 2.19. The van der Waals surface area contributed by atoms with Gasteiger partial charge in [0.25, 0.3) is 0 Å². The van der Waals surface area contributed by atoms with E-state index < -0.39 is 0 Å². The highest BCUT2D eigenvalue weighted by Gasteiger charge is 2.34. The molecule has 0 radical (unpaired) electrons. The molecule has 98 valence electrons. The van der Waals surface area contributed by atoms with Gasteiger partial charge >= 0.3 is 0 Å². The molecule has 5 heteroatoms. The molecule has 1 heterocycles. The molecule has 0 bridgehead atoms. The van der Waals surface area contributed by atoms with Crippen LogP contribution >= 0.6 is 0 Å². The quantitative estimate of drug-likeness (QED) is 0.685. The highest BCUT2D eigenvalue weighted by molar-refractivity contribution is 6.26. The molecule has 1 saturated heterocycles. The number of hydrogen-bond donors (Lipinski definition) is 2. The molecule has 0 atom stereocenters. The minimum Gasteiger partial charge on any atom is -0.394 e. The first-order valence-corrected chi connectivity index (χ1v) is 6.45. The normalized spacial score (nSPS) is 19.7. The molecule has 1 fully saturated rings. The predicted molar refractivity (Wildman–Crippen MR) is 69.5 cm³/mol. The van der Waals surface area contributed by atoms with E-state index in [0.717, 1.165) is 26.2 Å². The lowest BCUT2D eigenvalue weighted by atomic mass is 9.90. The highest BCUT2D eigenvalue weighted by Crippen LogP contribution is 2.25. The van der Waals surface area contributed by atoms with Gasteiger partial charge < -0.3 is 16.0 Å². The number of carbonyl (C=O) groups is 2. The van der Waals surface area contributed by atoms with Crippen LogP contribution in [0.4, 0.5) is 0 Å². The van der Waals surface area contributed by atoms with Crippen molar-refractivity contribution in [1.82, 2.24) is 4.90 Å². The molecular weight excluding hydrogens is 242 g/mol. The average molecular weight is 258 g/mol. The first kappa shape index (κ1) is 11.9. The van der Waals surface area contributed by atoms with Gasteiger partial charge in [-0.15, -0.1) is 0 Å². The fourth-order valence-electron chi connectivity index (χ4n) is 2.67. The van der Waals surface area contributed by atoms with Crippen LogP contribution in [0.1, 0.15) is 20.7 Å². The maximum absolute atomic E-state index is 12.5. The average Bonchev–Trinajstić information content (AvgIpc) is 2.46. The van der Waals surface area contributed by atoms with E-state index in [9.17, 15) is 9.59 Å². The Balaban J connectivity index is 2.07. The molecule has 1 aromatic rings. The highest BCUT2D eigenvalue weighted by atomic mass is 16.1. The summed E-state index contributed by atoms with van der Waals surface area (Å²) in [5.74, 6) is -0.366. The minimum atomic E-state index is -0.236. The first-order chi connectivity index (χ1) is 9.20. The van der Waals surface area contributed by atoms with Crippen molar-refractivity contribution in [3.63, 3.8) is 0 Å². The van der Waals surface area contributed by atoms with E-state index in [1.54, 1.807) is 24.3 Å². The van der Waals surface area contributed by atoms with Crippen molar-refractivity contribution in [3.05, 3.63) is 46.8 Å². The van der Waals surface area contributed by atoms with Crippen LogP contribution in [0.5, 0.6) is 0 Å². The zero-order valence-electron chi connectivity index (χ0n) is 10.6. The molecule has 0 unspecified atom stereocenters. The van der Waals surface area contributed by atoms with Gasteiger partial charge in [-0.1, -0.05) is 24.3 Å². The number of allylic oxidation sites excluding steroid dienone is 2. The Morgan fingerprint density at radius 3 is 2.21 bits per heavy atom. The van der Waals surface area contributed by atoms with Crippen molar-refractivity contribution in [1.29, 1.82) is 0 Å². The predicted octanol–water partition coefficient (Wildman–Crippen LogP) is -0.885. The van der Waals surface area contributed by atoms with Crippen LogP contribution in [-0.4, -0.2) is 42.6 Å². The van der Waals surface area contributed by atoms with Crippen LogP contribution < -0.4 is 11.1 Å². The van der Waals surface area contributed by atoms with E-state index in [1.165, 1.54) is 0 Å². The maximum atomic E-state index is 12.5. The Bertz CT molecular complexity index is 586. The topological polar surface area (TPSA) is 80.0 Å². The van der Waals surface area contributed by atoms with Gasteiger partial charge in [-0.25, -0.2) is 0 Å². The third-order valence-electron chi connectivity index (χ3n) is 3.65. The van der Waals surface area contributed by atoms with Gasteiger partial charge in [0.2, 0.25) is 11.6 Å². The van der Waals surface area contributed by atoms with E-state index in [1.807, 2.05) is 4.90 Å². The molecule has 1 aromatic carbocycles. The summed E-state index contributed by atoms with van der Waals surface area (Å²) in [6, 6.07) is 6.87. The smallest absolute Gasteiger partial charge is 0.212 e. The summed E-state index contributed by atoms with van der Waals surface area (Å²) < 4.78 is 0. The van der Waals surface area contributed by atoms with Gasteiger partial charge in [0.15, 0.2) is 0 Å². The molecule has 1 aliphatic carbocycles. The number of carbonyl (C=O) groups excluding carboxylic acids is 2. The molecule has 3 rings (SSSR count). The first-order valence-electron chi connectivity index (χ1n) is 6.45. The van der Waals surface area contributed by atoms with E-state index >= 15 is 0 Å². The number of ketones is 2. The molecule has 4 N–H and O–H groups in total. The van der Waals surface area contributed by atoms with Crippen LogP contribution in [0.2, 0.25) is 0 Å². The zero-order valence-corrected chi connectivity index (χ0v) is 10.6. The molecular formula is C14H16N3O2+. The lowest BCUT2D eigenvalue weighted by Crippen LogP contribution is -2.89. The van der Waals surface area contributed by atoms with Crippen molar-refractivity contribution in [2.24, 2.45) is 5.73 Å². The molecule has 0 aromatic heterocycles. The molecule has 0 spiro atoms. The van der Waals surface area contributed by atoms with Gasteiger partial charge in [0.05, 0.1) is 26.2 Å². The van der Waals surface area contributed by atoms with Gasteiger partial charge in [0.1, 0.15) is 11.4 Å². The largest absolute Gasteiger partial charge is 0.394 e. The molecule has 5 nitrogen and oxygen atoms in total. The third kappa shape index (κ3) is 1.82. The number of quaternary nitrogens is 1. The van der Waals surface area contributed by atoms with Crippen molar-refractivity contribution >= 4 is 11.6 Å².